The zero-order chi connectivity index (χ0) is 48.1. The van der Waals surface area contributed by atoms with Crippen LogP contribution in [-0.2, 0) is 14.3 Å². The molecule has 3 unspecified atom stereocenters. The number of aliphatic hydroxyl groups excluding tert-OH is 2. The van der Waals surface area contributed by atoms with E-state index in [1.54, 1.807) is 0 Å². The molecule has 0 aromatic heterocycles. The summed E-state index contributed by atoms with van der Waals surface area (Å²) in [5.74, 6) is -0.570. The first-order chi connectivity index (χ1) is 32.5. The van der Waals surface area contributed by atoms with E-state index in [-0.39, 0.29) is 24.9 Å². The third-order valence-electron chi connectivity index (χ3n) is 11.9. The summed E-state index contributed by atoms with van der Waals surface area (Å²) in [5, 5.41) is 23.8. The van der Waals surface area contributed by atoms with E-state index in [0.717, 1.165) is 109 Å². The zero-order valence-electron chi connectivity index (χ0n) is 43.0. The van der Waals surface area contributed by atoms with Crippen molar-refractivity contribution in [3.63, 3.8) is 0 Å². The highest BCUT2D eigenvalue weighted by Gasteiger charge is 2.24. The Labute approximate surface area is 407 Å². The van der Waals surface area contributed by atoms with Crippen molar-refractivity contribution < 1.29 is 24.5 Å². The molecule has 0 aromatic rings. The molecule has 0 heterocycles. The second-order valence-electron chi connectivity index (χ2n) is 18.2. The van der Waals surface area contributed by atoms with Gasteiger partial charge in [-0.2, -0.15) is 0 Å². The Hall–Kier alpha value is -3.22. The number of hydrogen-bond donors (Lipinski definition) is 3. The maximum absolute atomic E-state index is 13.2. The molecule has 0 fully saturated rings. The van der Waals surface area contributed by atoms with Gasteiger partial charge in [-0.25, -0.2) is 0 Å². The number of amides is 1. The van der Waals surface area contributed by atoms with Gasteiger partial charge in [0.1, 0.15) is 6.10 Å². The molecule has 3 atom stereocenters. The Kier molecular flexibility index (Phi) is 50.2. The Morgan fingerprint density at radius 1 is 0.455 bits per heavy atom. The Bertz CT molecular complexity index is 1310. The van der Waals surface area contributed by atoms with Crippen molar-refractivity contribution in [1.82, 2.24) is 5.32 Å². The lowest BCUT2D eigenvalue weighted by atomic mass is 10.0. The molecule has 0 bridgehead atoms. The molecule has 0 spiro atoms. The summed E-state index contributed by atoms with van der Waals surface area (Å²) in [6.45, 7) is 6.24. The maximum atomic E-state index is 13.2. The molecule has 0 aromatic carbocycles. The first-order valence-corrected chi connectivity index (χ1v) is 27.5. The first kappa shape index (κ1) is 62.8. The molecule has 0 aliphatic heterocycles. The lowest BCUT2D eigenvalue weighted by molar-refractivity contribution is -0.151. The smallest absolute Gasteiger partial charge is 0.306 e. The third-order valence-corrected chi connectivity index (χ3v) is 11.9. The van der Waals surface area contributed by atoms with Gasteiger partial charge in [0.05, 0.1) is 25.2 Å². The number of aliphatic hydroxyl groups is 2. The van der Waals surface area contributed by atoms with Crippen LogP contribution in [0, 0.1) is 0 Å². The Morgan fingerprint density at radius 2 is 0.833 bits per heavy atom. The van der Waals surface area contributed by atoms with E-state index in [1.165, 1.54) is 89.9 Å². The average Bonchev–Trinajstić information content (AvgIpc) is 3.31. The highest BCUT2D eigenvalue weighted by atomic mass is 16.5. The molecule has 6 heteroatoms. The monoisotopic (exact) mass is 918 g/mol. The number of nitrogens with one attached hydrogen (secondary N) is 1. The van der Waals surface area contributed by atoms with Crippen LogP contribution in [0.1, 0.15) is 245 Å². The minimum Gasteiger partial charge on any atom is -0.462 e. The van der Waals surface area contributed by atoms with E-state index in [2.05, 4.69) is 123 Å². The van der Waals surface area contributed by atoms with Crippen molar-refractivity contribution in [1.29, 1.82) is 0 Å². The van der Waals surface area contributed by atoms with Crippen LogP contribution in [0.3, 0.4) is 0 Å². The van der Waals surface area contributed by atoms with Gasteiger partial charge < -0.3 is 20.3 Å². The van der Waals surface area contributed by atoms with Gasteiger partial charge in [-0.1, -0.05) is 234 Å². The molecule has 0 saturated carbocycles. The predicted molar refractivity (Wildman–Crippen MR) is 287 cm³/mol. The minimum absolute atomic E-state index is 0.0219. The minimum atomic E-state index is -0.814. The van der Waals surface area contributed by atoms with E-state index in [4.69, 9.17) is 4.74 Å². The number of carbonyl (C=O) groups excluding carboxylic acids is 2. The molecule has 6 nitrogen and oxygen atoms in total. The van der Waals surface area contributed by atoms with Crippen LogP contribution in [0.5, 0.6) is 0 Å². The van der Waals surface area contributed by atoms with Crippen molar-refractivity contribution in [3.05, 3.63) is 97.2 Å². The van der Waals surface area contributed by atoms with Crippen molar-refractivity contribution >= 4 is 11.9 Å². The number of rotatable bonds is 48. The van der Waals surface area contributed by atoms with Crippen molar-refractivity contribution in [2.75, 3.05) is 6.61 Å². The molecule has 0 rings (SSSR count). The van der Waals surface area contributed by atoms with Crippen LogP contribution in [0.2, 0.25) is 0 Å². The molecule has 378 valence electrons. The molecular weight excluding hydrogens is 815 g/mol. The van der Waals surface area contributed by atoms with Gasteiger partial charge in [0.2, 0.25) is 5.91 Å². The molecule has 0 radical (unpaired) electrons. The number of ether oxygens (including phenoxy) is 1. The fourth-order valence-electron chi connectivity index (χ4n) is 7.83. The number of unbranched alkanes of at least 4 members (excludes halogenated alkanes) is 20. The van der Waals surface area contributed by atoms with Gasteiger partial charge in [-0.15, -0.1) is 0 Å². The molecule has 0 aliphatic rings. The number of carbonyl (C=O) groups is 2. The van der Waals surface area contributed by atoms with E-state index < -0.39 is 18.2 Å². The normalized spacial score (nSPS) is 14.0. The second-order valence-corrected chi connectivity index (χ2v) is 18.2. The summed E-state index contributed by atoms with van der Waals surface area (Å²) in [6.07, 6.45) is 70.5. The maximum Gasteiger partial charge on any atom is 0.306 e. The molecule has 0 aliphatic carbocycles. The van der Waals surface area contributed by atoms with Crippen LogP contribution >= 0.6 is 0 Å². The fourth-order valence-corrected chi connectivity index (χ4v) is 7.83. The number of esters is 1. The zero-order valence-corrected chi connectivity index (χ0v) is 43.0. The van der Waals surface area contributed by atoms with E-state index in [0.29, 0.717) is 19.3 Å². The van der Waals surface area contributed by atoms with E-state index in [1.807, 2.05) is 0 Å². The summed E-state index contributed by atoms with van der Waals surface area (Å²) in [5.41, 5.74) is 0. The topological polar surface area (TPSA) is 95.9 Å². The summed E-state index contributed by atoms with van der Waals surface area (Å²) >= 11 is 0. The van der Waals surface area contributed by atoms with Crippen LogP contribution in [-0.4, -0.2) is 46.9 Å². The second kappa shape index (κ2) is 52.7. The number of allylic oxidation sites excluding steroid dienone is 16. The summed E-state index contributed by atoms with van der Waals surface area (Å²) in [4.78, 5) is 26.2. The van der Waals surface area contributed by atoms with E-state index >= 15 is 0 Å². The van der Waals surface area contributed by atoms with Crippen molar-refractivity contribution in [2.45, 2.75) is 264 Å². The van der Waals surface area contributed by atoms with Crippen LogP contribution in [0.15, 0.2) is 97.2 Å². The molecular formula is C60H103NO5. The molecule has 0 saturated heterocycles. The summed E-state index contributed by atoms with van der Waals surface area (Å²) < 4.78 is 5.90. The lowest BCUT2D eigenvalue weighted by Gasteiger charge is -2.24. The van der Waals surface area contributed by atoms with Crippen LogP contribution in [0.25, 0.3) is 0 Å². The van der Waals surface area contributed by atoms with Crippen molar-refractivity contribution in [2.24, 2.45) is 0 Å². The largest absolute Gasteiger partial charge is 0.462 e. The van der Waals surface area contributed by atoms with Gasteiger partial charge in [-0.3, -0.25) is 9.59 Å². The van der Waals surface area contributed by atoms with Gasteiger partial charge in [0.25, 0.3) is 0 Å². The Balaban J connectivity index is 4.66. The van der Waals surface area contributed by atoms with Gasteiger partial charge >= 0.3 is 5.97 Å². The van der Waals surface area contributed by atoms with Gasteiger partial charge in [-0.05, 0) is 96.3 Å². The quantitative estimate of drug-likeness (QED) is 0.0321. The summed E-state index contributed by atoms with van der Waals surface area (Å²) in [6, 6.07) is -0.732. The molecule has 1 amide bonds. The third kappa shape index (κ3) is 47.3. The van der Waals surface area contributed by atoms with Gasteiger partial charge in [0.15, 0.2) is 0 Å². The highest BCUT2D eigenvalue weighted by Crippen LogP contribution is 2.17. The molecule has 66 heavy (non-hydrogen) atoms. The SMILES string of the molecule is CC/C=C/C/C=C/C/C=C/C/C=C/CCCCCC(=O)OC(CCC/C=C/C/C=C/C/C=C/C/C=C/CC)CC(=O)NC(CO)C(O)CCCCCCCCCCCCCCCCCCC. The lowest BCUT2D eigenvalue weighted by Crippen LogP contribution is -2.46. The van der Waals surface area contributed by atoms with Gasteiger partial charge in [0, 0.05) is 6.42 Å². The first-order valence-electron chi connectivity index (χ1n) is 27.5. The molecule has 3 N–H and O–H groups in total. The van der Waals surface area contributed by atoms with E-state index in [9.17, 15) is 19.8 Å². The number of hydrogen-bond acceptors (Lipinski definition) is 5. The summed E-state index contributed by atoms with van der Waals surface area (Å²) in [7, 11) is 0. The average molecular weight is 918 g/mol. The Morgan fingerprint density at radius 3 is 1.26 bits per heavy atom. The standard InChI is InChI=1S/C60H103NO5/c1-4-7-10-13-16-19-22-25-28-30-31-34-37-40-43-46-49-52-58(63)57(55-62)61-59(64)54-56(51-48-45-42-39-36-33-27-24-21-18-15-12-9-6-3)66-60(65)53-50-47-44-41-38-35-32-29-26-23-20-17-14-11-8-5-2/h8-9,11-12,17-18,20-21,26-27,29,33,35,38-39,42,56-58,62-63H,4-7,10,13-16,19,22-25,28,30-32,34,36-37,40-41,43-55H2,1-3H3,(H,61,64)/b11-8+,12-9+,20-17+,21-18+,29-26+,33-27+,38-35+,42-39+. The van der Waals surface area contributed by atoms with Crippen molar-refractivity contribution in [3.8, 4) is 0 Å². The predicted octanol–water partition coefficient (Wildman–Crippen LogP) is 16.9. The van der Waals surface area contributed by atoms with Crippen LogP contribution < -0.4 is 5.32 Å². The van der Waals surface area contributed by atoms with Crippen LogP contribution in [0.4, 0.5) is 0 Å². The fraction of sp³-hybridized carbons (Fsp3) is 0.700. The highest BCUT2D eigenvalue weighted by molar-refractivity contribution is 5.77.